The largest absolute Gasteiger partial charge is 0.376 e. The number of carbonyl (C=O) groups excluding carboxylic acids is 1. The van der Waals surface area contributed by atoms with E-state index in [9.17, 15) is 4.79 Å². The Labute approximate surface area is 109 Å². The number of carbonyl (C=O) groups is 1. The monoisotopic (exact) mass is 256 g/mol. The van der Waals surface area contributed by atoms with Crippen molar-refractivity contribution in [2.45, 2.75) is 44.9 Å². The molecule has 0 saturated carbocycles. The standard InChI is InChI=1S/C13H24N2O3/c1-3-15(9-11-5-4-7-18-11)13(16)12-10(2)17-8-6-14-12/h10-12,14H,3-9H2,1-2H3/t10-,11?,12+/m1/s1. The van der Waals surface area contributed by atoms with E-state index < -0.39 is 0 Å². The van der Waals surface area contributed by atoms with E-state index in [2.05, 4.69) is 5.32 Å². The van der Waals surface area contributed by atoms with Crippen LogP contribution in [0.5, 0.6) is 0 Å². The van der Waals surface area contributed by atoms with Crippen molar-refractivity contribution in [3.05, 3.63) is 0 Å². The molecule has 18 heavy (non-hydrogen) atoms. The predicted molar refractivity (Wildman–Crippen MR) is 68.4 cm³/mol. The van der Waals surface area contributed by atoms with Crippen LogP contribution in [0, 0.1) is 0 Å². The van der Waals surface area contributed by atoms with E-state index in [1.54, 1.807) is 0 Å². The molecule has 0 bridgehead atoms. The second-order valence-corrected chi connectivity index (χ2v) is 5.02. The number of likely N-dealkylation sites (N-methyl/N-ethyl adjacent to an activating group) is 1. The van der Waals surface area contributed by atoms with Crippen LogP contribution in [0.3, 0.4) is 0 Å². The van der Waals surface area contributed by atoms with Gasteiger partial charge in [-0.2, -0.15) is 0 Å². The minimum absolute atomic E-state index is 0.0511. The van der Waals surface area contributed by atoms with E-state index in [0.717, 1.165) is 32.5 Å². The molecule has 1 N–H and O–H groups in total. The van der Waals surface area contributed by atoms with Gasteiger partial charge in [-0.15, -0.1) is 0 Å². The molecule has 104 valence electrons. The minimum Gasteiger partial charge on any atom is -0.376 e. The maximum Gasteiger partial charge on any atom is 0.242 e. The highest BCUT2D eigenvalue weighted by atomic mass is 16.5. The van der Waals surface area contributed by atoms with Crippen LogP contribution >= 0.6 is 0 Å². The molecule has 3 atom stereocenters. The van der Waals surface area contributed by atoms with Gasteiger partial charge in [-0.3, -0.25) is 4.79 Å². The normalized spacial score (nSPS) is 32.4. The summed E-state index contributed by atoms with van der Waals surface area (Å²) in [7, 11) is 0. The zero-order chi connectivity index (χ0) is 13.0. The fourth-order valence-electron chi connectivity index (χ4n) is 2.62. The Hall–Kier alpha value is -0.650. The highest BCUT2D eigenvalue weighted by molar-refractivity contribution is 5.82. The molecule has 5 nitrogen and oxygen atoms in total. The first-order chi connectivity index (χ1) is 8.72. The van der Waals surface area contributed by atoms with Crippen LogP contribution in [-0.2, 0) is 14.3 Å². The van der Waals surface area contributed by atoms with E-state index in [0.29, 0.717) is 13.2 Å². The highest BCUT2D eigenvalue weighted by Gasteiger charge is 2.32. The molecule has 2 aliphatic rings. The van der Waals surface area contributed by atoms with Crippen molar-refractivity contribution >= 4 is 5.91 Å². The van der Waals surface area contributed by atoms with Gasteiger partial charge in [0.2, 0.25) is 5.91 Å². The Morgan fingerprint density at radius 2 is 2.22 bits per heavy atom. The summed E-state index contributed by atoms with van der Waals surface area (Å²) in [5.41, 5.74) is 0. The average Bonchev–Trinajstić information content (AvgIpc) is 2.88. The van der Waals surface area contributed by atoms with E-state index in [4.69, 9.17) is 9.47 Å². The predicted octanol–water partition coefficient (Wildman–Crippen LogP) is 0.391. The highest BCUT2D eigenvalue weighted by Crippen LogP contribution is 2.15. The van der Waals surface area contributed by atoms with Gasteiger partial charge in [-0.25, -0.2) is 0 Å². The first kappa shape index (κ1) is 13.8. The maximum absolute atomic E-state index is 12.5. The SMILES string of the molecule is CCN(CC1CCCO1)C(=O)[C@H]1NCCO[C@@H]1C. The molecule has 2 fully saturated rings. The second kappa shape index (κ2) is 6.50. The van der Waals surface area contributed by atoms with E-state index in [1.807, 2.05) is 18.7 Å². The fourth-order valence-corrected chi connectivity index (χ4v) is 2.62. The minimum atomic E-state index is -0.208. The van der Waals surface area contributed by atoms with Crippen LogP contribution in [0.2, 0.25) is 0 Å². The molecular formula is C13H24N2O3. The quantitative estimate of drug-likeness (QED) is 0.790. The third kappa shape index (κ3) is 3.22. The topological polar surface area (TPSA) is 50.8 Å². The molecule has 1 unspecified atom stereocenters. The number of hydrogen-bond donors (Lipinski definition) is 1. The van der Waals surface area contributed by atoms with Crippen LogP contribution < -0.4 is 5.32 Å². The molecule has 1 amide bonds. The van der Waals surface area contributed by atoms with Crippen molar-refractivity contribution in [3.63, 3.8) is 0 Å². The summed E-state index contributed by atoms with van der Waals surface area (Å²) >= 11 is 0. The van der Waals surface area contributed by atoms with E-state index in [1.165, 1.54) is 0 Å². The van der Waals surface area contributed by atoms with Gasteiger partial charge >= 0.3 is 0 Å². The Morgan fingerprint density at radius 3 is 2.83 bits per heavy atom. The van der Waals surface area contributed by atoms with Crippen molar-refractivity contribution in [1.82, 2.24) is 10.2 Å². The third-order valence-corrected chi connectivity index (χ3v) is 3.72. The molecule has 2 saturated heterocycles. The Bertz CT molecular complexity index is 279. The van der Waals surface area contributed by atoms with Gasteiger partial charge in [-0.05, 0) is 26.7 Å². The van der Waals surface area contributed by atoms with Gasteiger partial charge in [0.25, 0.3) is 0 Å². The van der Waals surface area contributed by atoms with E-state index in [-0.39, 0.29) is 24.2 Å². The van der Waals surface area contributed by atoms with Crippen LogP contribution in [0.4, 0.5) is 0 Å². The lowest BCUT2D eigenvalue weighted by atomic mass is 10.1. The molecule has 0 aromatic carbocycles. The molecule has 0 radical (unpaired) electrons. The van der Waals surface area contributed by atoms with Crippen molar-refractivity contribution in [2.75, 3.05) is 32.8 Å². The number of nitrogens with zero attached hydrogens (tertiary/aromatic N) is 1. The summed E-state index contributed by atoms with van der Waals surface area (Å²) in [5, 5.41) is 3.25. The van der Waals surface area contributed by atoms with Gasteiger partial charge in [0.15, 0.2) is 0 Å². The number of rotatable bonds is 4. The molecular weight excluding hydrogens is 232 g/mol. The number of morpholine rings is 1. The molecule has 0 aromatic rings. The molecule has 5 heteroatoms. The average molecular weight is 256 g/mol. The van der Waals surface area contributed by atoms with Crippen molar-refractivity contribution in [1.29, 1.82) is 0 Å². The molecule has 0 spiro atoms. The Kier molecular flexibility index (Phi) is 4.97. The summed E-state index contributed by atoms with van der Waals surface area (Å²) in [6.45, 7) is 7.66. The summed E-state index contributed by atoms with van der Waals surface area (Å²) in [6, 6.07) is -0.208. The number of amides is 1. The lowest BCUT2D eigenvalue weighted by Crippen LogP contribution is -2.57. The Morgan fingerprint density at radius 1 is 1.39 bits per heavy atom. The first-order valence-corrected chi connectivity index (χ1v) is 6.97. The van der Waals surface area contributed by atoms with Crippen molar-refractivity contribution in [3.8, 4) is 0 Å². The number of hydrogen-bond acceptors (Lipinski definition) is 4. The zero-order valence-electron chi connectivity index (χ0n) is 11.4. The smallest absolute Gasteiger partial charge is 0.242 e. The van der Waals surface area contributed by atoms with Gasteiger partial charge in [0, 0.05) is 26.2 Å². The number of nitrogens with one attached hydrogen (secondary N) is 1. The van der Waals surface area contributed by atoms with Crippen molar-refractivity contribution < 1.29 is 14.3 Å². The summed E-state index contributed by atoms with van der Waals surface area (Å²) in [4.78, 5) is 14.3. The molecule has 2 aliphatic heterocycles. The van der Waals surface area contributed by atoms with E-state index >= 15 is 0 Å². The third-order valence-electron chi connectivity index (χ3n) is 3.72. The fraction of sp³-hybridized carbons (Fsp3) is 0.923. The summed E-state index contributed by atoms with van der Waals surface area (Å²) < 4.78 is 11.1. The maximum atomic E-state index is 12.5. The van der Waals surface area contributed by atoms with Crippen LogP contribution in [0.15, 0.2) is 0 Å². The van der Waals surface area contributed by atoms with Gasteiger partial charge in [-0.1, -0.05) is 0 Å². The lowest BCUT2D eigenvalue weighted by Gasteiger charge is -2.34. The molecule has 2 rings (SSSR count). The van der Waals surface area contributed by atoms with Crippen LogP contribution in [0.25, 0.3) is 0 Å². The Balaban J connectivity index is 1.91. The lowest BCUT2D eigenvalue weighted by molar-refractivity contribution is -0.140. The van der Waals surface area contributed by atoms with Crippen LogP contribution in [0.1, 0.15) is 26.7 Å². The second-order valence-electron chi connectivity index (χ2n) is 5.02. The molecule has 2 heterocycles. The molecule has 0 aliphatic carbocycles. The zero-order valence-corrected chi connectivity index (χ0v) is 11.4. The molecule has 0 aromatic heterocycles. The van der Waals surface area contributed by atoms with Gasteiger partial charge in [0.05, 0.1) is 18.8 Å². The summed E-state index contributed by atoms with van der Waals surface area (Å²) in [5.74, 6) is 0.139. The van der Waals surface area contributed by atoms with Crippen molar-refractivity contribution in [2.24, 2.45) is 0 Å². The number of ether oxygens (including phenoxy) is 2. The van der Waals surface area contributed by atoms with Gasteiger partial charge in [0.1, 0.15) is 6.04 Å². The first-order valence-electron chi connectivity index (χ1n) is 6.97. The summed E-state index contributed by atoms with van der Waals surface area (Å²) in [6.07, 6.45) is 2.34. The van der Waals surface area contributed by atoms with Crippen LogP contribution in [-0.4, -0.2) is 61.9 Å². The van der Waals surface area contributed by atoms with Gasteiger partial charge < -0.3 is 19.7 Å².